The van der Waals surface area contributed by atoms with E-state index in [2.05, 4.69) is 24.5 Å². The van der Waals surface area contributed by atoms with Gasteiger partial charge in [0.25, 0.3) is 0 Å². The van der Waals surface area contributed by atoms with E-state index >= 15 is 0 Å². The standard InChI is InChI=1S/C15H28N2O/c1-3-15(7-5-8-15)17-14(18)10-12(2)13-6-4-9-16-11-13/h12-13,16H,3-11H2,1-2H3,(H,17,18). The zero-order chi connectivity index (χ0) is 13.0. The van der Waals surface area contributed by atoms with Crippen molar-refractivity contribution >= 4 is 5.91 Å². The summed E-state index contributed by atoms with van der Waals surface area (Å²) in [6.07, 6.45) is 7.95. The lowest BCUT2D eigenvalue weighted by atomic mass is 9.74. The molecule has 3 nitrogen and oxygen atoms in total. The molecular formula is C15H28N2O. The number of nitrogens with one attached hydrogen (secondary N) is 2. The van der Waals surface area contributed by atoms with Crippen LogP contribution >= 0.6 is 0 Å². The number of rotatable bonds is 5. The van der Waals surface area contributed by atoms with Gasteiger partial charge in [0.1, 0.15) is 0 Å². The van der Waals surface area contributed by atoms with E-state index in [1.54, 1.807) is 0 Å². The molecule has 0 bridgehead atoms. The minimum Gasteiger partial charge on any atom is -0.351 e. The molecule has 0 radical (unpaired) electrons. The number of hydrogen-bond acceptors (Lipinski definition) is 2. The second-order valence-corrected chi connectivity index (χ2v) is 6.32. The molecule has 2 fully saturated rings. The van der Waals surface area contributed by atoms with Crippen molar-refractivity contribution in [1.82, 2.24) is 10.6 Å². The maximum atomic E-state index is 12.1. The van der Waals surface area contributed by atoms with E-state index in [1.165, 1.54) is 32.1 Å². The summed E-state index contributed by atoms with van der Waals surface area (Å²) in [4.78, 5) is 12.1. The molecule has 3 heteroatoms. The third-order valence-corrected chi connectivity index (χ3v) is 5.04. The molecule has 104 valence electrons. The van der Waals surface area contributed by atoms with Crippen LogP contribution in [0.4, 0.5) is 0 Å². The van der Waals surface area contributed by atoms with Gasteiger partial charge in [0, 0.05) is 12.0 Å². The van der Waals surface area contributed by atoms with E-state index in [-0.39, 0.29) is 11.4 Å². The lowest BCUT2D eigenvalue weighted by Crippen LogP contribution is -2.53. The first kappa shape index (κ1) is 13.9. The largest absolute Gasteiger partial charge is 0.351 e. The Labute approximate surface area is 111 Å². The van der Waals surface area contributed by atoms with Gasteiger partial charge in [-0.15, -0.1) is 0 Å². The third-order valence-electron chi connectivity index (χ3n) is 5.04. The van der Waals surface area contributed by atoms with Crippen molar-refractivity contribution in [3.05, 3.63) is 0 Å². The molecule has 1 saturated heterocycles. The van der Waals surface area contributed by atoms with Crippen molar-refractivity contribution in [2.75, 3.05) is 13.1 Å². The van der Waals surface area contributed by atoms with Gasteiger partial charge < -0.3 is 10.6 Å². The Balaban J connectivity index is 1.76. The predicted octanol–water partition coefficient (Wildman–Crippen LogP) is 2.46. The van der Waals surface area contributed by atoms with Crippen LogP contribution in [0, 0.1) is 11.8 Å². The lowest BCUT2D eigenvalue weighted by molar-refractivity contribution is -0.125. The first-order valence-electron chi connectivity index (χ1n) is 7.67. The van der Waals surface area contributed by atoms with Gasteiger partial charge in [0.05, 0.1) is 0 Å². The molecule has 18 heavy (non-hydrogen) atoms. The van der Waals surface area contributed by atoms with Crippen molar-refractivity contribution in [3.63, 3.8) is 0 Å². The van der Waals surface area contributed by atoms with Crippen molar-refractivity contribution in [2.24, 2.45) is 11.8 Å². The smallest absolute Gasteiger partial charge is 0.220 e. The summed E-state index contributed by atoms with van der Waals surface area (Å²) in [5, 5.41) is 6.73. The summed E-state index contributed by atoms with van der Waals surface area (Å²) in [7, 11) is 0. The first-order valence-corrected chi connectivity index (χ1v) is 7.67. The van der Waals surface area contributed by atoms with Gasteiger partial charge in [-0.1, -0.05) is 13.8 Å². The summed E-state index contributed by atoms with van der Waals surface area (Å²) in [5.74, 6) is 1.46. The van der Waals surface area contributed by atoms with Crippen LogP contribution in [0.5, 0.6) is 0 Å². The predicted molar refractivity (Wildman–Crippen MR) is 74.4 cm³/mol. The molecule has 1 amide bonds. The quantitative estimate of drug-likeness (QED) is 0.789. The molecule has 0 aromatic rings. The fraction of sp³-hybridized carbons (Fsp3) is 0.933. The zero-order valence-corrected chi connectivity index (χ0v) is 11.9. The maximum Gasteiger partial charge on any atom is 0.220 e. The number of carbonyl (C=O) groups is 1. The first-order chi connectivity index (χ1) is 8.65. The highest BCUT2D eigenvalue weighted by Gasteiger charge is 2.36. The molecule has 2 unspecified atom stereocenters. The molecule has 2 atom stereocenters. The highest BCUT2D eigenvalue weighted by Crippen LogP contribution is 2.35. The summed E-state index contributed by atoms with van der Waals surface area (Å²) in [6, 6.07) is 0. The fourth-order valence-electron chi connectivity index (χ4n) is 3.34. The third kappa shape index (κ3) is 3.25. The van der Waals surface area contributed by atoms with Crippen molar-refractivity contribution in [3.8, 4) is 0 Å². The van der Waals surface area contributed by atoms with Crippen LogP contribution in [0.2, 0.25) is 0 Å². The highest BCUT2D eigenvalue weighted by molar-refractivity contribution is 5.77. The average Bonchev–Trinajstić information content (AvgIpc) is 2.35. The Morgan fingerprint density at radius 2 is 2.22 bits per heavy atom. The van der Waals surface area contributed by atoms with Gasteiger partial charge in [0.15, 0.2) is 0 Å². The van der Waals surface area contributed by atoms with Crippen molar-refractivity contribution < 1.29 is 4.79 Å². The summed E-state index contributed by atoms with van der Waals surface area (Å²) >= 11 is 0. The van der Waals surface area contributed by atoms with E-state index in [1.807, 2.05) is 0 Å². The molecular weight excluding hydrogens is 224 g/mol. The van der Waals surface area contributed by atoms with Gasteiger partial charge in [-0.2, -0.15) is 0 Å². The van der Waals surface area contributed by atoms with Crippen molar-refractivity contribution in [2.45, 2.75) is 64.3 Å². The molecule has 2 aliphatic rings. The Hall–Kier alpha value is -0.570. The van der Waals surface area contributed by atoms with E-state index in [9.17, 15) is 4.79 Å². The van der Waals surface area contributed by atoms with Crippen LogP contribution < -0.4 is 10.6 Å². The molecule has 0 spiro atoms. The monoisotopic (exact) mass is 252 g/mol. The van der Waals surface area contributed by atoms with Crippen LogP contribution in [0.25, 0.3) is 0 Å². The molecule has 1 saturated carbocycles. The lowest BCUT2D eigenvalue weighted by Gasteiger charge is -2.42. The van der Waals surface area contributed by atoms with Crippen LogP contribution in [0.15, 0.2) is 0 Å². The van der Waals surface area contributed by atoms with Crippen molar-refractivity contribution in [1.29, 1.82) is 0 Å². The Kier molecular flexibility index (Phi) is 4.66. The number of amides is 1. The summed E-state index contributed by atoms with van der Waals surface area (Å²) in [5.41, 5.74) is 0.154. The molecule has 2 N–H and O–H groups in total. The highest BCUT2D eigenvalue weighted by atomic mass is 16.1. The van der Waals surface area contributed by atoms with Crippen LogP contribution in [0.1, 0.15) is 58.8 Å². The van der Waals surface area contributed by atoms with E-state index in [0.29, 0.717) is 18.3 Å². The summed E-state index contributed by atoms with van der Waals surface area (Å²) < 4.78 is 0. The molecule has 2 rings (SSSR count). The Morgan fingerprint density at radius 3 is 2.72 bits per heavy atom. The SMILES string of the molecule is CCC1(NC(=O)CC(C)C2CCCNC2)CCC1. The Morgan fingerprint density at radius 1 is 1.44 bits per heavy atom. The topological polar surface area (TPSA) is 41.1 Å². The average molecular weight is 252 g/mol. The zero-order valence-electron chi connectivity index (χ0n) is 11.9. The van der Waals surface area contributed by atoms with Gasteiger partial charge >= 0.3 is 0 Å². The normalized spacial score (nSPS) is 28.2. The second-order valence-electron chi connectivity index (χ2n) is 6.32. The van der Waals surface area contributed by atoms with Crippen LogP contribution in [-0.4, -0.2) is 24.5 Å². The van der Waals surface area contributed by atoms with E-state index in [0.717, 1.165) is 19.5 Å². The number of piperidine rings is 1. The van der Waals surface area contributed by atoms with E-state index < -0.39 is 0 Å². The van der Waals surface area contributed by atoms with Crippen LogP contribution in [0.3, 0.4) is 0 Å². The van der Waals surface area contributed by atoms with Gasteiger partial charge in [-0.05, 0) is 63.5 Å². The minimum absolute atomic E-state index is 0.154. The molecule has 1 aliphatic heterocycles. The molecule has 0 aromatic carbocycles. The van der Waals surface area contributed by atoms with Gasteiger partial charge in [-0.25, -0.2) is 0 Å². The molecule has 1 heterocycles. The minimum atomic E-state index is 0.154. The van der Waals surface area contributed by atoms with E-state index in [4.69, 9.17) is 0 Å². The molecule has 1 aliphatic carbocycles. The second kappa shape index (κ2) is 6.05. The fourth-order valence-corrected chi connectivity index (χ4v) is 3.34. The molecule has 0 aromatic heterocycles. The summed E-state index contributed by atoms with van der Waals surface area (Å²) in [6.45, 7) is 6.66. The maximum absolute atomic E-state index is 12.1. The Bertz CT molecular complexity index is 275. The number of carbonyl (C=O) groups excluding carboxylic acids is 1. The van der Waals surface area contributed by atoms with Crippen LogP contribution in [-0.2, 0) is 4.79 Å². The van der Waals surface area contributed by atoms with Gasteiger partial charge in [0.2, 0.25) is 5.91 Å². The number of hydrogen-bond donors (Lipinski definition) is 2. The van der Waals surface area contributed by atoms with Gasteiger partial charge in [-0.3, -0.25) is 4.79 Å².